The Labute approximate surface area is 112 Å². The molecule has 1 N–H and O–H groups in total. The molecule has 0 spiro atoms. The summed E-state index contributed by atoms with van der Waals surface area (Å²) in [6.45, 7) is 0.422. The maximum atomic E-state index is 11.1. The highest BCUT2D eigenvalue weighted by atomic mass is 16.6. The Bertz CT molecular complexity index is 433. The summed E-state index contributed by atoms with van der Waals surface area (Å²) in [7, 11) is 0. The summed E-state index contributed by atoms with van der Waals surface area (Å²) in [5, 5.41) is 20.3. The van der Waals surface area contributed by atoms with E-state index < -0.39 is 4.92 Å². The average Bonchev–Trinajstić information content (AvgIpc) is 2.45. The summed E-state index contributed by atoms with van der Waals surface area (Å²) in [6.07, 6.45) is 8.41. The minimum atomic E-state index is -0.407. The van der Waals surface area contributed by atoms with Gasteiger partial charge in [-0.05, 0) is 18.9 Å². The quantitative estimate of drug-likeness (QED) is 0.651. The summed E-state index contributed by atoms with van der Waals surface area (Å²) in [6, 6.07) is 1.95. The van der Waals surface area contributed by atoms with Gasteiger partial charge in [0.15, 0.2) is 0 Å². The fourth-order valence-electron chi connectivity index (χ4n) is 2.76. The first-order chi connectivity index (χ1) is 9.24. The van der Waals surface area contributed by atoms with Crippen molar-refractivity contribution >= 4 is 11.4 Å². The third-order valence-corrected chi connectivity index (χ3v) is 3.64. The van der Waals surface area contributed by atoms with Crippen LogP contribution in [0.5, 0.6) is 0 Å². The second-order valence-electron chi connectivity index (χ2n) is 4.83. The lowest BCUT2D eigenvalue weighted by molar-refractivity contribution is -0.384. The Balaban J connectivity index is 2.29. The predicted octanol–water partition coefficient (Wildman–Crippen LogP) is 2.12. The number of aliphatic hydroxyl groups excluding tert-OH is 1. The maximum Gasteiger partial charge on any atom is 0.310 e. The molecule has 1 saturated carbocycles. The first kappa shape index (κ1) is 13.7. The van der Waals surface area contributed by atoms with Crippen molar-refractivity contribution in [1.82, 2.24) is 4.98 Å². The highest BCUT2D eigenvalue weighted by Crippen LogP contribution is 2.32. The topological polar surface area (TPSA) is 79.5 Å². The van der Waals surface area contributed by atoms with Crippen LogP contribution in [0, 0.1) is 10.1 Å². The van der Waals surface area contributed by atoms with Crippen LogP contribution < -0.4 is 4.90 Å². The smallest absolute Gasteiger partial charge is 0.310 e. The Hall–Kier alpha value is -1.69. The molecule has 1 aromatic rings. The van der Waals surface area contributed by atoms with Gasteiger partial charge in [0.05, 0.1) is 11.5 Å². The number of nitrogens with zero attached hydrogens (tertiary/aromatic N) is 3. The molecule has 19 heavy (non-hydrogen) atoms. The zero-order valence-corrected chi connectivity index (χ0v) is 10.9. The summed E-state index contributed by atoms with van der Waals surface area (Å²) in [4.78, 5) is 16.5. The van der Waals surface area contributed by atoms with Gasteiger partial charge in [-0.15, -0.1) is 0 Å². The van der Waals surface area contributed by atoms with E-state index in [-0.39, 0.29) is 18.3 Å². The molecule has 2 rings (SSSR count). The molecule has 0 radical (unpaired) electrons. The van der Waals surface area contributed by atoms with E-state index in [9.17, 15) is 15.2 Å². The molecule has 1 aliphatic rings. The van der Waals surface area contributed by atoms with Crippen molar-refractivity contribution in [2.45, 2.75) is 38.1 Å². The summed E-state index contributed by atoms with van der Waals surface area (Å²) in [5.41, 5.74) is 0.586. The molecule has 0 aromatic carbocycles. The molecule has 6 nitrogen and oxygen atoms in total. The van der Waals surface area contributed by atoms with Gasteiger partial charge in [-0.2, -0.15) is 0 Å². The number of rotatable bonds is 5. The maximum absolute atomic E-state index is 11.1. The van der Waals surface area contributed by atoms with Crippen LogP contribution in [-0.4, -0.2) is 34.2 Å². The highest BCUT2D eigenvalue weighted by molar-refractivity contribution is 5.62. The zero-order chi connectivity index (χ0) is 13.7. The Kier molecular flexibility index (Phi) is 4.68. The molecule has 1 aromatic heterocycles. The highest BCUT2D eigenvalue weighted by Gasteiger charge is 2.26. The van der Waals surface area contributed by atoms with Gasteiger partial charge in [0.1, 0.15) is 11.9 Å². The largest absolute Gasteiger partial charge is 0.395 e. The van der Waals surface area contributed by atoms with Gasteiger partial charge < -0.3 is 10.0 Å². The van der Waals surface area contributed by atoms with Gasteiger partial charge in [-0.1, -0.05) is 19.3 Å². The molecule has 0 saturated heterocycles. The van der Waals surface area contributed by atoms with Crippen LogP contribution in [-0.2, 0) is 0 Å². The van der Waals surface area contributed by atoms with Crippen molar-refractivity contribution in [2.24, 2.45) is 0 Å². The van der Waals surface area contributed by atoms with Gasteiger partial charge in [-0.3, -0.25) is 15.1 Å². The minimum absolute atomic E-state index is 0.00399. The fraction of sp³-hybridized carbons (Fsp3) is 0.615. The lowest BCUT2D eigenvalue weighted by Gasteiger charge is -2.35. The molecular formula is C13H19N3O3. The minimum Gasteiger partial charge on any atom is -0.395 e. The van der Waals surface area contributed by atoms with Crippen LogP contribution in [0.1, 0.15) is 32.1 Å². The fourth-order valence-corrected chi connectivity index (χ4v) is 2.76. The average molecular weight is 265 g/mol. The van der Waals surface area contributed by atoms with Crippen LogP contribution in [0.3, 0.4) is 0 Å². The van der Waals surface area contributed by atoms with E-state index in [4.69, 9.17) is 0 Å². The molecule has 1 fully saturated rings. The van der Waals surface area contributed by atoms with Crippen molar-refractivity contribution in [1.29, 1.82) is 0 Å². The molecule has 104 valence electrons. The Morgan fingerprint density at radius 1 is 1.42 bits per heavy atom. The van der Waals surface area contributed by atoms with E-state index in [1.807, 2.05) is 4.90 Å². The van der Waals surface area contributed by atoms with Crippen molar-refractivity contribution < 1.29 is 10.0 Å². The second-order valence-corrected chi connectivity index (χ2v) is 4.83. The lowest BCUT2D eigenvalue weighted by Crippen LogP contribution is -2.39. The van der Waals surface area contributed by atoms with E-state index in [0.29, 0.717) is 12.2 Å². The first-order valence-corrected chi connectivity index (χ1v) is 6.70. The molecule has 1 heterocycles. The molecule has 1 aliphatic carbocycles. The number of nitro groups is 1. The third-order valence-electron chi connectivity index (χ3n) is 3.64. The van der Waals surface area contributed by atoms with Crippen LogP contribution in [0.2, 0.25) is 0 Å². The van der Waals surface area contributed by atoms with Crippen LogP contribution in [0.4, 0.5) is 11.4 Å². The molecule has 0 aliphatic heterocycles. The van der Waals surface area contributed by atoms with Crippen molar-refractivity contribution in [3.8, 4) is 0 Å². The Morgan fingerprint density at radius 3 is 2.79 bits per heavy atom. The molecule has 0 amide bonds. The normalized spacial score (nSPS) is 16.3. The zero-order valence-electron chi connectivity index (χ0n) is 10.9. The van der Waals surface area contributed by atoms with Gasteiger partial charge in [0.25, 0.3) is 0 Å². The van der Waals surface area contributed by atoms with E-state index in [1.54, 1.807) is 12.3 Å². The number of hydrogen-bond acceptors (Lipinski definition) is 5. The molecule has 6 heteroatoms. The van der Waals surface area contributed by atoms with E-state index in [2.05, 4.69) is 4.98 Å². The van der Waals surface area contributed by atoms with Gasteiger partial charge >= 0.3 is 5.69 Å². The van der Waals surface area contributed by atoms with E-state index in [1.165, 1.54) is 12.6 Å². The number of aliphatic hydroxyl groups is 1. The van der Waals surface area contributed by atoms with E-state index >= 15 is 0 Å². The first-order valence-electron chi connectivity index (χ1n) is 6.70. The van der Waals surface area contributed by atoms with Crippen LogP contribution in [0.15, 0.2) is 18.5 Å². The summed E-state index contributed by atoms with van der Waals surface area (Å²) < 4.78 is 0. The molecule has 0 bridgehead atoms. The Morgan fingerprint density at radius 2 is 2.16 bits per heavy atom. The van der Waals surface area contributed by atoms with Crippen LogP contribution in [0.25, 0.3) is 0 Å². The number of aromatic nitrogens is 1. The molecule has 0 unspecified atom stereocenters. The number of hydrogen-bond donors (Lipinski definition) is 1. The number of pyridine rings is 1. The SMILES string of the molecule is O=[N+]([O-])c1cnccc1N(CCO)C1CCCCC1. The number of anilines is 1. The second kappa shape index (κ2) is 6.47. The summed E-state index contributed by atoms with van der Waals surface area (Å²) in [5.74, 6) is 0. The van der Waals surface area contributed by atoms with Gasteiger partial charge in [0, 0.05) is 18.8 Å². The summed E-state index contributed by atoms with van der Waals surface area (Å²) >= 11 is 0. The molecular weight excluding hydrogens is 246 g/mol. The predicted molar refractivity (Wildman–Crippen MR) is 72.2 cm³/mol. The third kappa shape index (κ3) is 3.20. The molecule has 0 atom stereocenters. The standard InChI is InChI=1S/C13H19N3O3/c17-9-8-15(11-4-2-1-3-5-11)12-6-7-14-10-13(12)16(18)19/h6-7,10-11,17H,1-5,8-9H2. The van der Waals surface area contributed by atoms with Crippen molar-refractivity contribution in [3.63, 3.8) is 0 Å². The van der Waals surface area contributed by atoms with Crippen molar-refractivity contribution in [2.75, 3.05) is 18.1 Å². The van der Waals surface area contributed by atoms with Gasteiger partial charge in [-0.25, -0.2) is 0 Å². The van der Waals surface area contributed by atoms with Gasteiger partial charge in [0.2, 0.25) is 0 Å². The van der Waals surface area contributed by atoms with Crippen molar-refractivity contribution in [3.05, 3.63) is 28.6 Å². The van der Waals surface area contributed by atoms with Crippen LogP contribution >= 0.6 is 0 Å². The monoisotopic (exact) mass is 265 g/mol. The van der Waals surface area contributed by atoms with E-state index in [0.717, 1.165) is 25.7 Å². The lowest BCUT2D eigenvalue weighted by atomic mass is 9.93.